The van der Waals surface area contributed by atoms with Crippen LogP contribution in [-0.4, -0.2) is 22.8 Å². The topological polar surface area (TPSA) is 168 Å². The summed E-state index contributed by atoms with van der Waals surface area (Å²) in [5.41, 5.74) is -0.979. The maximum Gasteiger partial charge on any atom is 1.00 e. The number of nitrogens with zero attached hydrogens (tertiary/aromatic N) is 4. The molecule has 0 saturated heterocycles. The largest absolute Gasteiger partial charge is 1.00 e. The van der Waals surface area contributed by atoms with Crippen molar-refractivity contribution in [1.82, 2.24) is 0 Å². The van der Waals surface area contributed by atoms with Crippen LogP contribution in [0.1, 0.15) is 0 Å². The first kappa shape index (κ1) is 20.8. The molecule has 0 unspecified atom stereocenters. The summed E-state index contributed by atoms with van der Waals surface area (Å²) in [5, 5.41) is 28.4. The molecule has 0 fully saturated rings. The minimum absolute atomic E-state index is 0. The molecule has 2 aromatic carbocycles. The maximum absolute atomic E-state index is 11.2. The third-order valence-corrected chi connectivity index (χ3v) is 3.62. The van der Waals surface area contributed by atoms with Crippen LogP contribution in [0.2, 0.25) is 0 Å². The molecular formula is C12H7N4NaO7S. The first-order valence-corrected chi connectivity index (χ1v) is 7.50. The molecule has 2 aromatic rings. The van der Waals surface area contributed by atoms with Crippen molar-refractivity contribution >= 4 is 32.9 Å². The van der Waals surface area contributed by atoms with Gasteiger partial charge in [-0.2, -0.15) is 5.11 Å². The predicted molar refractivity (Wildman–Crippen MR) is 78.3 cm³/mol. The van der Waals surface area contributed by atoms with E-state index < -0.39 is 30.5 Å². The Hall–Kier alpha value is -2.25. The molecule has 0 spiro atoms. The Bertz CT molecular complexity index is 944. The Labute approximate surface area is 162 Å². The van der Waals surface area contributed by atoms with Crippen LogP contribution in [0.25, 0.3) is 0 Å². The van der Waals surface area contributed by atoms with Gasteiger partial charge in [0.2, 0.25) is 0 Å². The molecule has 13 heteroatoms. The van der Waals surface area contributed by atoms with Crippen molar-refractivity contribution in [3.05, 3.63) is 62.7 Å². The van der Waals surface area contributed by atoms with E-state index in [1.165, 1.54) is 12.1 Å². The summed E-state index contributed by atoms with van der Waals surface area (Å²) in [4.78, 5) is 18.8. The fourth-order valence-corrected chi connectivity index (χ4v) is 2.28. The Balaban J connectivity index is 0.00000312. The van der Waals surface area contributed by atoms with Crippen molar-refractivity contribution in [3.63, 3.8) is 0 Å². The van der Waals surface area contributed by atoms with Crippen LogP contribution in [0.15, 0.2) is 57.6 Å². The quantitative estimate of drug-likeness (QED) is 0.230. The van der Waals surface area contributed by atoms with Gasteiger partial charge in [-0.05, 0) is 18.2 Å². The molecule has 0 aliphatic carbocycles. The summed E-state index contributed by atoms with van der Waals surface area (Å²) in [6.07, 6.45) is 0. The molecule has 0 aromatic heterocycles. The molecule has 0 atom stereocenters. The minimum Gasteiger partial charge on any atom is -0.744 e. The smallest absolute Gasteiger partial charge is 0.744 e. The summed E-state index contributed by atoms with van der Waals surface area (Å²) in [7, 11) is -5.01. The van der Waals surface area contributed by atoms with Gasteiger partial charge in [-0.3, -0.25) is 20.2 Å². The molecule has 0 amide bonds. The first-order valence-electron chi connectivity index (χ1n) is 6.09. The van der Waals surface area contributed by atoms with E-state index in [9.17, 15) is 33.2 Å². The molecule has 0 N–H and O–H groups in total. The monoisotopic (exact) mass is 374 g/mol. The van der Waals surface area contributed by atoms with Crippen LogP contribution in [0, 0.1) is 20.2 Å². The fraction of sp³-hybridized carbons (Fsp3) is 0. The normalized spacial score (nSPS) is 11.1. The van der Waals surface area contributed by atoms with Crippen LogP contribution in [0.3, 0.4) is 0 Å². The van der Waals surface area contributed by atoms with Crippen molar-refractivity contribution in [2.45, 2.75) is 4.90 Å². The summed E-state index contributed by atoms with van der Waals surface area (Å²) in [6.45, 7) is 0. The Kier molecular flexibility index (Phi) is 6.84. The van der Waals surface area contributed by atoms with Gasteiger partial charge in [0.05, 0.1) is 20.4 Å². The van der Waals surface area contributed by atoms with Crippen molar-refractivity contribution < 1.29 is 52.4 Å². The molecule has 124 valence electrons. The Morgan fingerprint density at radius 2 is 1.36 bits per heavy atom. The number of hydrogen-bond acceptors (Lipinski definition) is 9. The van der Waals surface area contributed by atoms with Crippen LogP contribution in [-0.2, 0) is 10.1 Å². The predicted octanol–water partition coefficient (Wildman–Crippen LogP) is -0.173. The first-order chi connectivity index (χ1) is 11.2. The van der Waals surface area contributed by atoms with E-state index in [4.69, 9.17) is 0 Å². The van der Waals surface area contributed by atoms with Gasteiger partial charge < -0.3 is 4.55 Å². The molecule has 11 nitrogen and oxygen atoms in total. The minimum atomic E-state index is -5.01. The van der Waals surface area contributed by atoms with Crippen LogP contribution in [0.4, 0.5) is 22.7 Å². The van der Waals surface area contributed by atoms with Crippen molar-refractivity contribution in [3.8, 4) is 0 Å². The maximum atomic E-state index is 11.2. The van der Waals surface area contributed by atoms with Gasteiger partial charge >= 0.3 is 29.6 Å². The Morgan fingerprint density at radius 3 is 1.84 bits per heavy atom. The van der Waals surface area contributed by atoms with E-state index >= 15 is 0 Å². The summed E-state index contributed by atoms with van der Waals surface area (Å²) < 4.78 is 33.6. The number of nitro benzene ring substituents is 2. The fourth-order valence-electron chi connectivity index (χ4n) is 1.65. The number of rotatable bonds is 5. The number of hydrogen-bond donors (Lipinski definition) is 0. The van der Waals surface area contributed by atoms with Gasteiger partial charge in [-0.25, -0.2) is 8.42 Å². The number of non-ortho nitro benzene ring substituents is 2. The van der Waals surface area contributed by atoms with Crippen LogP contribution >= 0.6 is 0 Å². The molecule has 0 aliphatic rings. The van der Waals surface area contributed by atoms with Gasteiger partial charge in [0, 0.05) is 24.3 Å². The summed E-state index contributed by atoms with van der Waals surface area (Å²) in [5.74, 6) is 0. The van der Waals surface area contributed by atoms with Crippen molar-refractivity contribution in [2.75, 3.05) is 0 Å². The van der Waals surface area contributed by atoms with Gasteiger partial charge in [0.1, 0.15) is 15.8 Å². The van der Waals surface area contributed by atoms with E-state index in [2.05, 4.69) is 10.2 Å². The number of azo groups is 1. The molecule has 0 aliphatic heterocycles. The molecular weight excluding hydrogens is 367 g/mol. The van der Waals surface area contributed by atoms with Gasteiger partial charge in [-0.15, -0.1) is 5.11 Å². The standard InChI is InChI=1S/C12H8N4O7S.Na/c17-15(18)9-3-1-8(2-4-9)13-14-11-6-5-10(16(19)20)7-12(11)24(21,22)23;/h1-7H,(H,21,22,23);/q;+1/p-1. The van der Waals surface area contributed by atoms with E-state index in [0.717, 1.165) is 24.3 Å². The zero-order chi connectivity index (χ0) is 17.9. The third-order valence-electron chi connectivity index (χ3n) is 2.76. The molecule has 0 saturated carbocycles. The zero-order valence-corrected chi connectivity index (χ0v) is 15.4. The molecule has 0 bridgehead atoms. The Morgan fingerprint density at radius 1 is 0.840 bits per heavy atom. The zero-order valence-electron chi connectivity index (χ0n) is 12.6. The number of benzene rings is 2. The van der Waals surface area contributed by atoms with E-state index in [1.54, 1.807) is 0 Å². The average Bonchev–Trinajstić information content (AvgIpc) is 2.52. The number of nitro groups is 2. The van der Waals surface area contributed by atoms with Crippen LogP contribution < -0.4 is 29.6 Å². The molecule has 25 heavy (non-hydrogen) atoms. The van der Waals surface area contributed by atoms with E-state index in [0.29, 0.717) is 6.07 Å². The van der Waals surface area contributed by atoms with Crippen molar-refractivity contribution in [1.29, 1.82) is 0 Å². The van der Waals surface area contributed by atoms with Gasteiger partial charge in [-0.1, -0.05) is 0 Å². The molecule has 0 heterocycles. The second-order valence-corrected chi connectivity index (χ2v) is 5.68. The van der Waals surface area contributed by atoms with Crippen LogP contribution in [0.5, 0.6) is 0 Å². The molecule has 0 radical (unpaired) electrons. The van der Waals surface area contributed by atoms with E-state index in [1.807, 2.05) is 0 Å². The second-order valence-electron chi connectivity index (χ2n) is 4.34. The second kappa shape index (κ2) is 8.22. The van der Waals surface area contributed by atoms with Crippen molar-refractivity contribution in [2.24, 2.45) is 10.2 Å². The SMILES string of the molecule is O=[N+]([O-])c1ccc(N=Nc2ccc([N+](=O)[O-])cc2S(=O)(=O)[O-])cc1.[Na+]. The molecule has 2 rings (SSSR count). The van der Waals surface area contributed by atoms with E-state index in [-0.39, 0.29) is 46.6 Å². The van der Waals surface area contributed by atoms with Gasteiger partial charge in [0.15, 0.2) is 0 Å². The van der Waals surface area contributed by atoms with Gasteiger partial charge in [0.25, 0.3) is 11.4 Å². The summed E-state index contributed by atoms with van der Waals surface area (Å²) >= 11 is 0. The third kappa shape index (κ3) is 5.37. The summed E-state index contributed by atoms with van der Waals surface area (Å²) in [6, 6.07) is 7.38. The average molecular weight is 374 g/mol.